The van der Waals surface area contributed by atoms with Crippen molar-refractivity contribution in [2.24, 2.45) is 5.92 Å². The number of amides is 1. The maximum Gasteiger partial charge on any atom is 0.407 e. The summed E-state index contributed by atoms with van der Waals surface area (Å²) in [5, 5.41) is 16.7. The van der Waals surface area contributed by atoms with Gasteiger partial charge in [-0.15, -0.1) is 0 Å². The first-order valence-corrected chi connectivity index (χ1v) is 9.68. The second-order valence-corrected chi connectivity index (χ2v) is 7.54. The van der Waals surface area contributed by atoms with Gasteiger partial charge in [0.2, 0.25) is 0 Å². The van der Waals surface area contributed by atoms with E-state index in [0.29, 0.717) is 26.2 Å². The Kier molecular flexibility index (Phi) is 7.07. The van der Waals surface area contributed by atoms with E-state index >= 15 is 0 Å². The number of fused-ring (bicyclic) bond motifs is 1. The summed E-state index contributed by atoms with van der Waals surface area (Å²) in [5.41, 5.74) is 1.04. The van der Waals surface area contributed by atoms with E-state index in [1.807, 2.05) is 44.2 Å². The van der Waals surface area contributed by atoms with E-state index in [2.05, 4.69) is 10.6 Å². The summed E-state index contributed by atoms with van der Waals surface area (Å²) in [5.74, 6) is 0.0934. The van der Waals surface area contributed by atoms with Crippen molar-refractivity contribution in [1.82, 2.24) is 10.6 Å². The van der Waals surface area contributed by atoms with Crippen LogP contribution in [0.5, 0.6) is 0 Å². The highest BCUT2D eigenvalue weighted by Crippen LogP contribution is 2.32. The highest BCUT2D eigenvalue weighted by molar-refractivity contribution is 5.68. The van der Waals surface area contributed by atoms with Crippen LogP contribution in [0.4, 0.5) is 4.79 Å². The van der Waals surface area contributed by atoms with Crippen LogP contribution in [0.15, 0.2) is 30.3 Å². The van der Waals surface area contributed by atoms with Crippen LogP contribution in [0.25, 0.3) is 0 Å². The van der Waals surface area contributed by atoms with E-state index in [4.69, 9.17) is 14.2 Å². The van der Waals surface area contributed by atoms with Crippen LogP contribution in [0.3, 0.4) is 0 Å². The number of aliphatic hydroxyl groups is 1. The van der Waals surface area contributed by atoms with Crippen molar-refractivity contribution >= 4 is 6.09 Å². The summed E-state index contributed by atoms with van der Waals surface area (Å²) in [4.78, 5) is 12.5. The van der Waals surface area contributed by atoms with Gasteiger partial charge in [-0.3, -0.25) is 0 Å². The van der Waals surface area contributed by atoms with Gasteiger partial charge in [0.1, 0.15) is 6.10 Å². The van der Waals surface area contributed by atoms with Gasteiger partial charge in [-0.1, -0.05) is 44.2 Å². The van der Waals surface area contributed by atoms with Crippen molar-refractivity contribution in [3.8, 4) is 0 Å². The molecule has 0 radical (unpaired) electrons. The van der Waals surface area contributed by atoms with Crippen LogP contribution in [0.1, 0.15) is 25.8 Å². The first-order valence-electron chi connectivity index (χ1n) is 9.68. The van der Waals surface area contributed by atoms with Gasteiger partial charge < -0.3 is 30.0 Å². The monoisotopic (exact) mass is 378 g/mol. The molecule has 2 aliphatic heterocycles. The molecule has 5 atom stereocenters. The average molecular weight is 378 g/mol. The first-order chi connectivity index (χ1) is 13.0. The molecule has 1 amide bonds. The summed E-state index contributed by atoms with van der Waals surface area (Å²) < 4.78 is 16.6. The summed E-state index contributed by atoms with van der Waals surface area (Å²) >= 11 is 0. The Morgan fingerprint density at radius 2 is 2.07 bits per heavy atom. The summed E-state index contributed by atoms with van der Waals surface area (Å²) in [7, 11) is 0. The molecule has 1 unspecified atom stereocenters. The van der Waals surface area contributed by atoms with Crippen molar-refractivity contribution in [3.05, 3.63) is 35.9 Å². The summed E-state index contributed by atoms with van der Waals surface area (Å²) in [6.45, 7) is 5.40. The van der Waals surface area contributed by atoms with Gasteiger partial charge >= 0.3 is 6.09 Å². The van der Waals surface area contributed by atoms with E-state index in [-0.39, 0.29) is 24.4 Å². The zero-order valence-electron chi connectivity index (χ0n) is 16.0. The number of benzene rings is 1. The third-order valence-electron chi connectivity index (χ3n) is 5.04. The molecule has 0 aliphatic carbocycles. The second kappa shape index (κ2) is 9.50. The minimum absolute atomic E-state index is 0.0934. The zero-order chi connectivity index (χ0) is 19.2. The Morgan fingerprint density at radius 3 is 2.81 bits per heavy atom. The van der Waals surface area contributed by atoms with Gasteiger partial charge in [-0.25, -0.2) is 4.79 Å². The fraction of sp³-hybridized carbons (Fsp3) is 0.650. The molecule has 2 heterocycles. The lowest BCUT2D eigenvalue weighted by Crippen LogP contribution is -2.50. The van der Waals surface area contributed by atoms with Crippen LogP contribution in [0, 0.1) is 5.92 Å². The number of ether oxygens (including phenoxy) is 3. The number of alkyl carbamates (subject to hydrolysis) is 1. The van der Waals surface area contributed by atoms with Gasteiger partial charge in [0, 0.05) is 12.6 Å². The largest absolute Gasteiger partial charge is 0.443 e. The molecule has 0 bridgehead atoms. The lowest BCUT2D eigenvalue weighted by molar-refractivity contribution is -0.0907. The maximum absolute atomic E-state index is 12.5. The average Bonchev–Trinajstić information content (AvgIpc) is 3.25. The number of carbonyl (C=O) groups excluding carboxylic acids is 1. The van der Waals surface area contributed by atoms with Crippen molar-refractivity contribution in [2.75, 3.05) is 19.8 Å². The lowest BCUT2D eigenvalue weighted by atomic mass is 10.0. The molecule has 3 rings (SSSR count). The molecule has 1 aromatic rings. The van der Waals surface area contributed by atoms with Crippen LogP contribution in [-0.2, 0) is 20.6 Å². The molecule has 7 heteroatoms. The second-order valence-electron chi connectivity index (χ2n) is 7.54. The first kappa shape index (κ1) is 20.1. The molecule has 1 aromatic carbocycles. The third kappa shape index (κ3) is 5.65. The van der Waals surface area contributed by atoms with Crippen LogP contribution < -0.4 is 10.6 Å². The van der Waals surface area contributed by atoms with Gasteiger partial charge in [0.15, 0.2) is 6.29 Å². The minimum Gasteiger partial charge on any atom is -0.443 e. The van der Waals surface area contributed by atoms with Gasteiger partial charge in [-0.2, -0.15) is 0 Å². The molecule has 150 valence electrons. The Balaban J connectivity index is 1.58. The number of aliphatic hydroxyl groups excluding tert-OH is 1. The molecular weight excluding hydrogens is 348 g/mol. The predicted octanol–water partition coefficient (Wildman–Crippen LogP) is 1.44. The van der Waals surface area contributed by atoms with Gasteiger partial charge in [0.05, 0.1) is 31.3 Å². The highest BCUT2D eigenvalue weighted by Gasteiger charge is 2.44. The Hall–Kier alpha value is -1.67. The van der Waals surface area contributed by atoms with Crippen LogP contribution in [0.2, 0.25) is 0 Å². The van der Waals surface area contributed by atoms with Crippen LogP contribution in [-0.4, -0.2) is 61.5 Å². The standard InChI is InChI=1S/C20H30N2O5/c1-13(2)21-11-17(23)16(10-14-6-4-3-5-7-14)22-20(24)27-18-12-26-19-15(18)8-9-25-19/h3-7,13,15-19,21,23H,8-12H2,1-2H3,(H,22,24)/t15-,16-,17+,18-,19?/m0/s1. The molecule has 2 fully saturated rings. The molecule has 27 heavy (non-hydrogen) atoms. The highest BCUT2D eigenvalue weighted by atomic mass is 16.7. The Bertz CT molecular complexity index is 597. The smallest absolute Gasteiger partial charge is 0.407 e. The normalized spacial score (nSPS) is 26.6. The van der Waals surface area contributed by atoms with Gasteiger partial charge in [0.25, 0.3) is 0 Å². The fourth-order valence-corrected chi connectivity index (χ4v) is 3.52. The predicted molar refractivity (Wildman–Crippen MR) is 100 cm³/mol. The molecule has 0 spiro atoms. The Labute approximate surface area is 160 Å². The number of carbonyl (C=O) groups is 1. The molecular formula is C20H30N2O5. The summed E-state index contributed by atoms with van der Waals surface area (Å²) in [6.07, 6.45) is -0.475. The minimum atomic E-state index is -0.734. The molecule has 0 saturated carbocycles. The molecule has 2 aliphatic rings. The number of rotatable bonds is 8. The van der Waals surface area contributed by atoms with E-state index in [9.17, 15) is 9.90 Å². The lowest BCUT2D eigenvalue weighted by Gasteiger charge is -2.26. The number of nitrogens with one attached hydrogen (secondary N) is 2. The molecule has 3 N–H and O–H groups in total. The summed E-state index contributed by atoms with van der Waals surface area (Å²) in [6, 6.07) is 9.58. The van der Waals surface area contributed by atoms with E-state index in [1.54, 1.807) is 0 Å². The zero-order valence-corrected chi connectivity index (χ0v) is 16.0. The maximum atomic E-state index is 12.5. The number of hydrogen-bond donors (Lipinski definition) is 3. The molecule has 0 aromatic heterocycles. The van der Waals surface area contributed by atoms with Crippen molar-refractivity contribution in [1.29, 1.82) is 0 Å². The van der Waals surface area contributed by atoms with Crippen molar-refractivity contribution in [3.63, 3.8) is 0 Å². The molecule has 7 nitrogen and oxygen atoms in total. The topological polar surface area (TPSA) is 89.1 Å². The SMILES string of the molecule is CC(C)NC[C@@H](O)[C@H](Cc1ccccc1)NC(=O)O[C@H]1COC2OCC[C@H]21. The quantitative estimate of drug-likeness (QED) is 0.634. The Morgan fingerprint density at radius 1 is 1.30 bits per heavy atom. The third-order valence-corrected chi connectivity index (χ3v) is 5.04. The van der Waals surface area contributed by atoms with Crippen molar-refractivity contribution in [2.45, 2.75) is 57.3 Å². The van der Waals surface area contributed by atoms with Gasteiger partial charge in [-0.05, 0) is 18.4 Å². The van der Waals surface area contributed by atoms with E-state index in [1.165, 1.54) is 0 Å². The fourth-order valence-electron chi connectivity index (χ4n) is 3.52. The van der Waals surface area contributed by atoms with E-state index in [0.717, 1.165) is 12.0 Å². The van der Waals surface area contributed by atoms with Crippen molar-refractivity contribution < 1.29 is 24.1 Å². The molecule has 2 saturated heterocycles. The van der Waals surface area contributed by atoms with Crippen LogP contribution >= 0.6 is 0 Å². The number of hydrogen-bond acceptors (Lipinski definition) is 6. The van der Waals surface area contributed by atoms with E-state index < -0.39 is 18.2 Å².